The van der Waals surface area contributed by atoms with Gasteiger partial charge in [-0.2, -0.15) is 0 Å². The Morgan fingerprint density at radius 3 is 2.69 bits per heavy atom. The van der Waals surface area contributed by atoms with E-state index < -0.39 is 49.5 Å². The average Bonchev–Trinajstić information content (AvgIpc) is 3.31. The maximum atomic E-state index is 13.1. The smallest absolute Gasteiger partial charge is 0.534 e. The van der Waals surface area contributed by atoms with E-state index in [-0.39, 0.29) is 40.7 Å². The summed E-state index contributed by atoms with van der Waals surface area (Å²) in [7, 11) is -1.58. The van der Waals surface area contributed by atoms with Crippen molar-refractivity contribution < 1.29 is 43.9 Å². The number of carboxylic acids is 2. The van der Waals surface area contributed by atoms with Gasteiger partial charge in [0.1, 0.15) is 17.5 Å². The highest BCUT2D eigenvalue weighted by Gasteiger charge is 2.38. The number of benzene rings is 1. The van der Waals surface area contributed by atoms with Crippen LogP contribution in [0.2, 0.25) is 0 Å². The van der Waals surface area contributed by atoms with Crippen LogP contribution in [0.15, 0.2) is 28.7 Å². The van der Waals surface area contributed by atoms with Crippen LogP contribution in [-0.2, 0) is 25.6 Å². The number of carbonyl (C=O) groups is 4. The Hall–Kier alpha value is -4.22. The van der Waals surface area contributed by atoms with Crippen LogP contribution >= 0.6 is 11.3 Å². The molecule has 3 rings (SSSR count). The summed E-state index contributed by atoms with van der Waals surface area (Å²) >= 11 is 1.02. The number of hydrogen-bond donors (Lipinski definition) is 7. The number of nitrogens with zero attached hydrogens (tertiary/aromatic N) is 2. The van der Waals surface area contributed by atoms with Gasteiger partial charge in [0.05, 0.1) is 11.5 Å². The number of aromatic carboxylic acids is 1. The highest BCUT2D eigenvalue weighted by atomic mass is 32.1. The molecule has 0 spiro atoms. The van der Waals surface area contributed by atoms with E-state index in [2.05, 4.69) is 20.8 Å². The van der Waals surface area contributed by atoms with Gasteiger partial charge in [-0.3, -0.25) is 9.59 Å². The van der Waals surface area contributed by atoms with Gasteiger partial charge in [0.15, 0.2) is 17.5 Å². The third-order valence-corrected chi connectivity index (χ3v) is 6.25. The number of rotatable bonds is 13. The maximum Gasteiger partial charge on any atom is 0.547 e. The molecule has 0 saturated carbocycles. The average molecular weight is 562 g/mol. The Morgan fingerprint density at radius 1 is 1.28 bits per heavy atom. The summed E-state index contributed by atoms with van der Waals surface area (Å²) in [6, 6.07) is 3.30. The SMILES string of the molecule is NCCCCC(NC(=O)CO/N=C(\C(=O)N[C@H]1Cc2cccc(C(=O)O)c2OB1O)c1csc(N)n1)C(=O)O. The molecule has 0 bridgehead atoms. The molecule has 1 aliphatic rings. The summed E-state index contributed by atoms with van der Waals surface area (Å²) in [5.41, 5.74) is 11.1. The standard InChI is InChI=1S/C22H27BN6O9S/c24-7-2-1-6-13(21(34)35)26-16(30)9-37-29-17(14-10-39-22(25)27-14)19(31)28-15-8-11-4-3-5-12(20(32)33)18(11)38-23(15)36/h3-5,10,13,15,36H,1-2,6-9,24H2,(H2,25,27)(H,26,30)(H,28,31)(H,32,33)(H,34,35)/b29-17-/t13?,15-/m0/s1. The van der Waals surface area contributed by atoms with Crippen molar-refractivity contribution in [3.8, 4) is 5.75 Å². The van der Waals surface area contributed by atoms with Gasteiger partial charge in [0, 0.05) is 5.38 Å². The van der Waals surface area contributed by atoms with Gasteiger partial charge in [-0.05, 0) is 43.9 Å². The monoisotopic (exact) mass is 562 g/mol. The molecule has 2 aromatic rings. The zero-order valence-corrected chi connectivity index (χ0v) is 21.3. The van der Waals surface area contributed by atoms with Crippen molar-refractivity contribution in [3.05, 3.63) is 40.4 Å². The van der Waals surface area contributed by atoms with Crippen molar-refractivity contribution in [1.29, 1.82) is 0 Å². The van der Waals surface area contributed by atoms with Crippen molar-refractivity contribution in [2.45, 2.75) is 37.7 Å². The summed E-state index contributed by atoms with van der Waals surface area (Å²) in [4.78, 5) is 57.2. The lowest BCUT2D eigenvalue weighted by molar-refractivity contribution is -0.142. The molecule has 0 radical (unpaired) electrons. The summed E-state index contributed by atoms with van der Waals surface area (Å²) in [6.07, 6.45) is 1.32. The highest BCUT2D eigenvalue weighted by molar-refractivity contribution is 7.13. The maximum absolute atomic E-state index is 13.1. The molecule has 1 aromatic heterocycles. The Kier molecular flexibility index (Phi) is 10.2. The molecule has 15 nitrogen and oxygen atoms in total. The largest absolute Gasteiger partial charge is 0.547 e. The Balaban J connectivity index is 1.69. The first-order valence-electron chi connectivity index (χ1n) is 11.7. The van der Waals surface area contributed by atoms with Gasteiger partial charge < -0.3 is 46.8 Å². The number of para-hydroxylation sites is 1. The number of aliphatic carboxylic acids is 1. The van der Waals surface area contributed by atoms with Crippen molar-refractivity contribution in [2.75, 3.05) is 18.9 Å². The molecule has 1 aliphatic heterocycles. The van der Waals surface area contributed by atoms with Gasteiger partial charge in [0.2, 0.25) is 0 Å². The van der Waals surface area contributed by atoms with E-state index >= 15 is 0 Å². The predicted octanol–water partition coefficient (Wildman–Crippen LogP) is -1.02. The van der Waals surface area contributed by atoms with Crippen LogP contribution in [0.5, 0.6) is 5.75 Å². The van der Waals surface area contributed by atoms with E-state index in [1.807, 2.05) is 0 Å². The van der Waals surface area contributed by atoms with Crippen molar-refractivity contribution >= 4 is 53.1 Å². The number of carboxylic acid groups (broad SMARTS) is 2. The molecule has 0 fully saturated rings. The second kappa shape index (κ2) is 13.5. The fourth-order valence-corrected chi connectivity index (χ4v) is 4.24. The second-order valence-corrected chi connectivity index (χ2v) is 9.31. The van der Waals surface area contributed by atoms with Crippen molar-refractivity contribution in [2.24, 2.45) is 10.9 Å². The number of carbonyl (C=O) groups excluding carboxylic acids is 2. The molecule has 208 valence electrons. The number of anilines is 1. The number of nitrogens with one attached hydrogen (secondary N) is 2. The molecule has 0 saturated heterocycles. The van der Waals surface area contributed by atoms with E-state index in [1.54, 1.807) is 6.07 Å². The molecule has 39 heavy (non-hydrogen) atoms. The number of fused-ring (bicyclic) bond motifs is 1. The third kappa shape index (κ3) is 7.89. The van der Waals surface area contributed by atoms with Gasteiger partial charge in [0.25, 0.3) is 11.8 Å². The predicted molar refractivity (Wildman–Crippen MR) is 139 cm³/mol. The van der Waals surface area contributed by atoms with Crippen LogP contribution in [0.25, 0.3) is 0 Å². The van der Waals surface area contributed by atoms with E-state index in [1.165, 1.54) is 17.5 Å². The van der Waals surface area contributed by atoms with E-state index in [0.29, 0.717) is 24.9 Å². The third-order valence-electron chi connectivity index (χ3n) is 5.58. The Morgan fingerprint density at radius 2 is 2.05 bits per heavy atom. The minimum atomic E-state index is -1.58. The van der Waals surface area contributed by atoms with Gasteiger partial charge >= 0.3 is 19.1 Å². The highest BCUT2D eigenvalue weighted by Crippen LogP contribution is 2.30. The van der Waals surface area contributed by atoms with E-state index in [9.17, 15) is 34.4 Å². The molecule has 2 heterocycles. The number of hydrogen-bond acceptors (Lipinski definition) is 12. The van der Waals surface area contributed by atoms with Crippen LogP contribution in [-0.4, -0.2) is 81.9 Å². The lowest BCUT2D eigenvalue weighted by Gasteiger charge is -2.28. The number of amides is 2. The minimum Gasteiger partial charge on any atom is -0.534 e. The molecular weight excluding hydrogens is 535 g/mol. The van der Waals surface area contributed by atoms with Crippen LogP contribution in [0.4, 0.5) is 5.13 Å². The molecule has 9 N–H and O–H groups in total. The minimum absolute atomic E-state index is 0.00111. The number of oxime groups is 1. The number of aromatic nitrogens is 1. The normalized spacial score (nSPS) is 15.5. The fraction of sp³-hybridized carbons (Fsp3) is 0.364. The molecular formula is C22H27BN6O9S. The van der Waals surface area contributed by atoms with Crippen LogP contribution in [0.3, 0.4) is 0 Å². The Bertz CT molecular complexity index is 1260. The van der Waals surface area contributed by atoms with Gasteiger partial charge in [-0.15, -0.1) is 11.3 Å². The van der Waals surface area contributed by atoms with Crippen LogP contribution in [0, 0.1) is 0 Å². The quantitative estimate of drug-likeness (QED) is 0.0671. The first kappa shape index (κ1) is 29.3. The van der Waals surface area contributed by atoms with Crippen LogP contribution < -0.4 is 26.8 Å². The first-order chi connectivity index (χ1) is 18.6. The summed E-state index contributed by atoms with van der Waals surface area (Å²) < 4.78 is 5.38. The second-order valence-electron chi connectivity index (χ2n) is 8.42. The van der Waals surface area contributed by atoms with E-state index in [0.717, 1.165) is 11.3 Å². The molecule has 1 aromatic carbocycles. The zero-order valence-electron chi connectivity index (χ0n) is 20.5. The van der Waals surface area contributed by atoms with Crippen LogP contribution in [0.1, 0.15) is 40.9 Å². The lowest BCUT2D eigenvalue weighted by Crippen LogP contribution is -2.54. The van der Waals surface area contributed by atoms with Gasteiger partial charge in [-0.25, -0.2) is 14.6 Å². The molecule has 2 amide bonds. The first-order valence-corrected chi connectivity index (χ1v) is 12.6. The van der Waals surface area contributed by atoms with Gasteiger partial charge in [-0.1, -0.05) is 17.3 Å². The number of unbranched alkanes of at least 4 members (excludes halogenated alkanes) is 1. The number of thiazole rings is 1. The topological polar surface area (TPSA) is 249 Å². The summed E-state index contributed by atoms with van der Waals surface area (Å²) in [6.45, 7) is -0.304. The summed E-state index contributed by atoms with van der Waals surface area (Å²) in [5.74, 6) is -5.07. The van der Waals surface area contributed by atoms with E-state index in [4.69, 9.17) is 21.0 Å². The lowest BCUT2D eigenvalue weighted by atomic mass is 9.72. The fourth-order valence-electron chi connectivity index (χ4n) is 3.70. The Labute approximate surface area is 226 Å². The molecule has 0 aliphatic carbocycles. The molecule has 1 unspecified atom stereocenters. The van der Waals surface area contributed by atoms with Crippen molar-refractivity contribution in [1.82, 2.24) is 15.6 Å². The number of nitrogen functional groups attached to an aromatic ring is 1. The zero-order chi connectivity index (χ0) is 28.5. The molecule has 2 atom stereocenters. The number of nitrogens with two attached hydrogens (primary N) is 2. The van der Waals surface area contributed by atoms with Crippen molar-refractivity contribution in [3.63, 3.8) is 0 Å². The molecule has 17 heteroatoms. The summed E-state index contributed by atoms with van der Waals surface area (Å²) in [5, 5.41) is 39.2.